The number of hydrogen-bond acceptors (Lipinski definition) is 4. The molecular weight excluding hydrogens is 361 g/mol. The van der Waals surface area contributed by atoms with Crippen LogP contribution in [0.1, 0.15) is 37.5 Å². The van der Waals surface area contributed by atoms with E-state index in [1.54, 1.807) is 0 Å². The molecule has 2 aliphatic rings. The fourth-order valence-electron chi connectivity index (χ4n) is 3.26. The first-order valence-electron chi connectivity index (χ1n) is 9.28. The van der Waals surface area contributed by atoms with E-state index in [0.717, 1.165) is 37.8 Å². The third-order valence-electron chi connectivity index (χ3n) is 4.87. The molecule has 1 aromatic carbocycles. The van der Waals surface area contributed by atoms with Gasteiger partial charge in [-0.3, -0.25) is 0 Å². The zero-order valence-corrected chi connectivity index (χ0v) is 15.2. The van der Waals surface area contributed by atoms with E-state index in [-0.39, 0.29) is 17.8 Å². The lowest BCUT2D eigenvalue weighted by molar-refractivity contribution is -0.220. The predicted molar refractivity (Wildman–Crippen MR) is 92.3 cm³/mol. The summed E-state index contributed by atoms with van der Waals surface area (Å²) in [6.45, 7) is 5.89. The van der Waals surface area contributed by atoms with Crippen LogP contribution < -0.4 is 0 Å². The van der Waals surface area contributed by atoms with Crippen molar-refractivity contribution in [2.45, 2.75) is 38.3 Å². The SMILES string of the molecule is C=CCCC1COC(CCC2COC(c3cc(F)c(F)c(F)c3)OC2)OC1. The summed E-state index contributed by atoms with van der Waals surface area (Å²) >= 11 is 0. The molecule has 2 saturated heterocycles. The molecule has 0 saturated carbocycles. The third-order valence-corrected chi connectivity index (χ3v) is 4.87. The van der Waals surface area contributed by atoms with Gasteiger partial charge in [0.2, 0.25) is 0 Å². The zero-order chi connectivity index (χ0) is 19.2. The normalized spacial score (nSPS) is 28.9. The molecule has 0 spiro atoms. The van der Waals surface area contributed by atoms with Gasteiger partial charge in [-0.1, -0.05) is 6.08 Å². The summed E-state index contributed by atoms with van der Waals surface area (Å²) in [5.41, 5.74) is 0.134. The van der Waals surface area contributed by atoms with E-state index in [4.69, 9.17) is 18.9 Å². The van der Waals surface area contributed by atoms with Gasteiger partial charge in [-0.25, -0.2) is 13.2 Å². The number of ether oxygens (including phenoxy) is 4. The predicted octanol–water partition coefficient (Wildman–Crippen LogP) is 4.50. The van der Waals surface area contributed by atoms with Gasteiger partial charge in [-0.2, -0.15) is 0 Å². The standard InChI is InChI=1S/C20H25F3O4/c1-2-3-4-13-9-24-18(25-10-13)6-5-14-11-26-20(27-12-14)15-7-16(21)19(23)17(22)8-15/h2,7-8,13-14,18,20H,1,3-6,9-12H2. The first kappa shape index (κ1) is 20.3. The first-order chi connectivity index (χ1) is 13.1. The van der Waals surface area contributed by atoms with Crippen LogP contribution in [0.25, 0.3) is 0 Å². The van der Waals surface area contributed by atoms with Gasteiger partial charge in [0.05, 0.1) is 26.4 Å². The van der Waals surface area contributed by atoms with Gasteiger partial charge in [-0.05, 0) is 37.8 Å². The molecule has 0 unspecified atom stereocenters. The third kappa shape index (κ3) is 5.54. The molecule has 7 heteroatoms. The molecule has 4 nitrogen and oxygen atoms in total. The quantitative estimate of drug-likeness (QED) is 0.511. The molecule has 0 aromatic heterocycles. The molecule has 0 aliphatic carbocycles. The molecule has 150 valence electrons. The fourth-order valence-corrected chi connectivity index (χ4v) is 3.26. The van der Waals surface area contributed by atoms with Crippen LogP contribution >= 0.6 is 0 Å². The number of allylic oxidation sites excluding steroid dienone is 1. The fraction of sp³-hybridized carbons (Fsp3) is 0.600. The highest BCUT2D eigenvalue weighted by Crippen LogP contribution is 2.29. The summed E-state index contributed by atoms with van der Waals surface area (Å²) in [7, 11) is 0. The number of hydrogen-bond donors (Lipinski definition) is 0. The second-order valence-electron chi connectivity index (χ2n) is 7.07. The Morgan fingerprint density at radius 3 is 2.00 bits per heavy atom. The van der Waals surface area contributed by atoms with Crippen molar-refractivity contribution in [3.63, 3.8) is 0 Å². The Morgan fingerprint density at radius 2 is 1.41 bits per heavy atom. The highest BCUT2D eigenvalue weighted by molar-refractivity contribution is 5.20. The summed E-state index contributed by atoms with van der Waals surface area (Å²) in [4.78, 5) is 0. The summed E-state index contributed by atoms with van der Waals surface area (Å²) in [6.07, 6.45) is 4.30. The number of rotatable bonds is 7. The van der Waals surface area contributed by atoms with Crippen LogP contribution in [0.15, 0.2) is 24.8 Å². The minimum atomic E-state index is -1.49. The monoisotopic (exact) mass is 386 g/mol. The molecule has 0 atom stereocenters. The average molecular weight is 386 g/mol. The minimum absolute atomic E-state index is 0.134. The van der Waals surface area contributed by atoms with Crippen molar-refractivity contribution in [2.24, 2.45) is 11.8 Å². The van der Waals surface area contributed by atoms with Crippen LogP contribution in [0.4, 0.5) is 13.2 Å². The lowest BCUT2D eigenvalue weighted by Crippen LogP contribution is -2.33. The van der Waals surface area contributed by atoms with Gasteiger partial charge < -0.3 is 18.9 Å². The van der Waals surface area contributed by atoms with Crippen LogP contribution in [0.5, 0.6) is 0 Å². The van der Waals surface area contributed by atoms with Crippen molar-refractivity contribution in [1.29, 1.82) is 0 Å². The van der Waals surface area contributed by atoms with E-state index >= 15 is 0 Å². The molecule has 2 fully saturated rings. The first-order valence-corrected chi connectivity index (χ1v) is 9.28. The van der Waals surface area contributed by atoms with E-state index in [2.05, 4.69) is 6.58 Å². The molecule has 2 heterocycles. The van der Waals surface area contributed by atoms with E-state index in [1.807, 2.05) is 6.08 Å². The maximum absolute atomic E-state index is 13.3. The van der Waals surface area contributed by atoms with Gasteiger partial charge in [0.25, 0.3) is 0 Å². The van der Waals surface area contributed by atoms with Crippen molar-refractivity contribution in [3.8, 4) is 0 Å². The summed E-state index contributed by atoms with van der Waals surface area (Å²) in [5, 5.41) is 0. The Labute approximate surface area is 157 Å². The maximum atomic E-state index is 13.3. The van der Waals surface area contributed by atoms with E-state index in [9.17, 15) is 13.2 Å². The van der Waals surface area contributed by atoms with Gasteiger partial charge in [-0.15, -0.1) is 6.58 Å². The zero-order valence-electron chi connectivity index (χ0n) is 15.2. The van der Waals surface area contributed by atoms with Gasteiger partial charge in [0.1, 0.15) is 0 Å². The minimum Gasteiger partial charge on any atom is -0.352 e. The molecule has 0 bridgehead atoms. The van der Waals surface area contributed by atoms with Crippen LogP contribution in [-0.2, 0) is 18.9 Å². The molecule has 0 N–H and O–H groups in total. The van der Waals surface area contributed by atoms with E-state index in [1.165, 1.54) is 0 Å². The van der Waals surface area contributed by atoms with Crippen LogP contribution in [0.3, 0.4) is 0 Å². The number of benzene rings is 1. The van der Waals surface area contributed by atoms with Gasteiger partial charge in [0, 0.05) is 17.4 Å². The molecule has 27 heavy (non-hydrogen) atoms. The molecule has 1 aromatic rings. The van der Waals surface area contributed by atoms with Gasteiger partial charge in [0.15, 0.2) is 30.0 Å². The average Bonchev–Trinajstić information content (AvgIpc) is 2.69. The van der Waals surface area contributed by atoms with Gasteiger partial charge >= 0.3 is 0 Å². The lowest BCUT2D eigenvalue weighted by Gasteiger charge is -2.32. The Morgan fingerprint density at radius 1 is 0.852 bits per heavy atom. The number of halogens is 3. The lowest BCUT2D eigenvalue weighted by atomic mass is 10.0. The topological polar surface area (TPSA) is 36.9 Å². The van der Waals surface area contributed by atoms with Crippen LogP contribution in [0.2, 0.25) is 0 Å². The van der Waals surface area contributed by atoms with Crippen molar-refractivity contribution in [3.05, 3.63) is 47.8 Å². The Hall–Kier alpha value is -1.41. The maximum Gasteiger partial charge on any atom is 0.194 e. The Kier molecular flexibility index (Phi) is 7.29. The Bertz CT molecular complexity index is 601. The van der Waals surface area contributed by atoms with Crippen LogP contribution in [0, 0.1) is 29.3 Å². The smallest absolute Gasteiger partial charge is 0.194 e. The second kappa shape index (κ2) is 9.68. The highest BCUT2D eigenvalue weighted by Gasteiger charge is 2.27. The van der Waals surface area contributed by atoms with Crippen LogP contribution in [-0.4, -0.2) is 32.7 Å². The molecule has 0 radical (unpaired) electrons. The van der Waals surface area contributed by atoms with Crippen molar-refractivity contribution in [1.82, 2.24) is 0 Å². The molecular formula is C20H25F3O4. The van der Waals surface area contributed by atoms with Crippen molar-refractivity contribution >= 4 is 0 Å². The largest absolute Gasteiger partial charge is 0.352 e. The summed E-state index contributed by atoms with van der Waals surface area (Å²) < 4.78 is 62.3. The summed E-state index contributed by atoms with van der Waals surface area (Å²) in [6, 6.07) is 1.80. The summed E-state index contributed by atoms with van der Waals surface area (Å²) in [5.74, 6) is -3.44. The molecule has 3 rings (SSSR count). The van der Waals surface area contributed by atoms with Crippen molar-refractivity contribution < 1.29 is 32.1 Å². The molecule has 0 amide bonds. The highest BCUT2D eigenvalue weighted by atomic mass is 19.2. The Balaban J connectivity index is 1.38. The van der Waals surface area contributed by atoms with E-state index < -0.39 is 23.7 Å². The van der Waals surface area contributed by atoms with E-state index in [0.29, 0.717) is 32.3 Å². The second-order valence-corrected chi connectivity index (χ2v) is 7.07. The molecule has 2 aliphatic heterocycles. The van der Waals surface area contributed by atoms with Crippen molar-refractivity contribution in [2.75, 3.05) is 26.4 Å².